The molecule has 0 bridgehead atoms. The summed E-state index contributed by atoms with van der Waals surface area (Å²) in [4.78, 5) is 0. The van der Waals surface area contributed by atoms with Crippen LogP contribution < -0.4 is 0 Å². The Bertz CT molecular complexity index is 1030. The largest absolute Gasteiger partial charge is 0.206 e. The van der Waals surface area contributed by atoms with Crippen LogP contribution in [-0.4, -0.2) is 0 Å². The van der Waals surface area contributed by atoms with Crippen molar-refractivity contribution < 1.29 is 8.78 Å². The van der Waals surface area contributed by atoms with Crippen LogP contribution in [0, 0.1) is 25.5 Å². The van der Waals surface area contributed by atoms with Gasteiger partial charge in [0.1, 0.15) is 11.6 Å². The standard InChI is InChI=1S/C26H20F2/c1-17-3-7-19(8-4-17)21-11-13-23(25(27)15-21)24-14-12-22(16-26(24)28)20-9-5-18(2)6-10-20/h3-16H,1-2H3. The topological polar surface area (TPSA) is 0 Å². The molecule has 4 rings (SSSR count). The van der Waals surface area contributed by atoms with Crippen LogP contribution in [0.3, 0.4) is 0 Å². The third-order valence-corrected chi connectivity index (χ3v) is 5.00. The summed E-state index contributed by atoms with van der Waals surface area (Å²) >= 11 is 0. The average molecular weight is 370 g/mol. The van der Waals surface area contributed by atoms with Crippen LogP contribution >= 0.6 is 0 Å². The van der Waals surface area contributed by atoms with Gasteiger partial charge in [0.05, 0.1) is 0 Å². The molecule has 0 unspecified atom stereocenters. The Morgan fingerprint density at radius 1 is 0.429 bits per heavy atom. The lowest BCUT2D eigenvalue weighted by molar-refractivity contribution is 0.617. The fourth-order valence-electron chi connectivity index (χ4n) is 3.32. The molecule has 2 heteroatoms. The van der Waals surface area contributed by atoms with E-state index in [0.717, 1.165) is 33.4 Å². The third-order valence-electron chi connectivity index (χ3n) is 5.00. The first kappa shape index (κ1) is 18.1. The van der Waals surface area contributed by atoms with E-state index in [9.17, 15) is 8.78 Å². The Balaban J connectivity index is 1.69. The van der Waals surface area contributed by atoms with Crippen LogP contribution in [0.1, 0.15) is 11.1 Å². The highest BCUT2D eigenvalue weighted by Gasteiger charge is 2.13. The summed E-state index contributed by atoms with van der Waals surface area (Å²) in [6.45, 7) is 4.02. The van der Waals surface area contributed by atoms with Gasteiger partial charge in [0.15, 0.2) is 0 Å². The number of halogens is 2. The zero-order valence-corrected chi connectivity index (χ0v) is 15.8. The molecule has 4 aromatic rings. The molecule has 0 N–H and O–H groups in total. The summed E-state index contributed by atoms with van der Waals surface area (Å²) in [7, 11) is 0. The molecular weight excluding hydrogens is 350 g/mol. The van der Waals surface area contributed by atoms with Gasteiger partial charge in [0.2, 0.25) is 0 Å². The van der Waals surface area contributed by atoms with E-state index < -0.39 is 11.6 Å². The Morgan fingerprint density at radius 2 is 0.750 bits per heavy atom. The average Bonchev–Trinajstić information content (AvgIpc) is 2.69. The molecule has 0 nitrogen and oxygen atoms in total. The zero-order valence-electron chi connectivity index (χ0n) is 15.8. The maximum absolute atomic E-state index is 14.8. The highest BCUT2D eigenvalue weighted by atomic mass is 19.1. The Labute approximate surface area is 164 Å². The van der Waals surface area contributed by atoms with E-state index in [4.69, 9.17) is 0 Å². The van der Waals surface area contributed by atoms with E-state index in [0.29, 0.717) is 0 Å². The minimum atomic E-state index is -0.430. The van der Waals surface area contributed by atoms with Gasteiger partial charge in [-0.3, -0.25) is 0 Å². The SMILES string of the molecule is Cc1ccc(-c2ccc(-c3ccc(-c4ccc(C)cc4)cc3F)c(F)c2)cc1. The first-order valence-electron chi connectivity index (χ1n) is 9.25. The molecule has 0 amide bonds. The maximum Gasteiger partial charge on any atom is 0.131 e. The maximum atomic E-state index is 14.8. The first-order valence-corrected chi connectivity index (χ1v) is 9.25. The molecule has 0 radical (unpaired) electrons. The van der Waals surface area contributed by atoms with E-state index in [-0.39, 0.29) is 11.1 Å². The summed E-state index contributed by atoms with van der Waals surface area (Å²) in [6.07, 6.45) is 0. The van der Waals surface area contributed by atoms with Crippen molar-refractivity contribution in [2.75, 3.05) is 0 Å². The lowest BCUT2D eigenvalue weighted by atomic mass is 9.96. The van der Waals surface area contributed by atoms with Gasteiger partial charge in [0, 0.05) is 11.1 Å². The van der Waals surface area contributed by atoms with Crippen molar-refractivity contribution in [3.63, 3.8) is 0 Å². The normalized spacial score (nSPS) is 10.9. The third kappa shape index (κ3) is 3.59. The molecule has 0 heterocycles. The summed E-state index contributed by atoms with van der Waals surface area (Å²) < 4.78 is 29.6. The zero-order chi connectivity index (χ0) is 19.7. The van der Waals surface area contributed by atoms with Gasteiger partial charge in [-0.25, -0.2) is 8.78 Å². The van der Waals surface area contributed by atoms with Gasteiger partial charge in [0.25, 0.3) is 0 Å². The molecule has 0 saturated carbocycles. The van der Waals surface area contributed by atoms with Crippen LogP contribution in [0.25, 0.3) is 33.4 Å². The number of hydrogen-bond acceptors (Lipinski definition) is 0. The van der Waals surface area contributed by atoms with Crippen molar-refractivity contribution >= 4 is 0 Å². The molecule has 0 aliphatic heterocycles. The Hall–Kier alpha value is -3.26. The molecule has 28 heavy (non-hydrogen) atoms. The van der Waals surface area contributed by atoms with Crippen molar-refractivity contribution in [3.8, 4) is 33.4 Å². The van der Waals surface area contributed by atoms with E-state index in [1.807, 2.05) is 74.5 Å². The van der Waals surface area contributed by atoms with Crippen LogP contribution in [0.5, 0.6) is 0 Å². The quantitative estimate of drug-likeness (QED) is 0.349. The van der Waals surface area contributed by atoms with Gasteiger partial charge in [-0.2, -0.15) is 0 Å². The van der Waals surface area contributed by atoms with Crippen molar-refractivity contribution in [1.29, 1.82) is 0 Å². The number of rotatable bonds is 3. The molecule has 0 atom stereocenters. The van der Waals surface area contributed by atoms with Crippen LogP contribution in [0.4, 0.5) is 8.78 Å². The fourth-order valence-corrected chi connectivity index (χ4v) is 3.32. The molecule has 0 aliphatic carbocycles. The van der Waals surface area contributed by atoms with Crippen molar-refractivity contribution in [1.82, 2.24) is 0 Å². The van der Waals surface area contributed by atoms with E-state index in [1.54, 1.807) is 12.1 Å². The van der Waals surface area contributed by atoms with Crippen LogP contribution in [-0.2, 0) is 0 Å². The van der Waals surface area contributed by atoms with Crippen molar-refractivity contribution in [3.05, 3.63) is 108 Å². The smallest absolute Gasteiger partial charge is 0.131 e. The predicted octanol–water partition coefficient (Wildman–Crippen LogP) is 7.58. The van der Waals surface area contributed by atoms with E-state index in [2.05, 4.69) is 0 Å². The molecule has 0 aliphatic rings. The number of aryl methyl sites for hydroxylation is 2. The summed E-state index contributed by atoms with van der Waals surface area (Å²) in [5.74, 6) is -0.861. The minimum absolute atomic E-state index is 0.267. The van der Waals surface area contributed by atoms with Crippen LogP contribution in [0.2, 0.25) is 0 Å². The van der Waals surface area contributed by atoms with Crippen LogP contribution in [0.15, 0.2) is 84.9 Å². The van der Waals surface area contributed by atoms with Crippen molar-refractivity contribution in [2.45, 2.75) is 13.8 Å². The lowest BCUT2D eigenvalue weighted by Gasteiger charge is -2.10. The second kappa shape index (κ2) is 7.40. The van der Waals surface area contributed by atoms with Crippen molar-refractivity contribution in [2.24, 2.45) is 0 Å². The van der Waals surface area contributed by atoms with Gasteiger partial charge in [-0.05, 0) is 48.2 Å². The van der Waals surface area contributed by atoms with E-state index >= 15 is 0 Å². The van der Waals surface area contributed by atoms with Gasteiger partial charge >= 0.3 is 0 Å². The summed E-state index contributed by atoms with van der Waals surface area (Å²) in [5, 5.41) is 0. The Morgan fingerprint density at radius 3 is 1.07 bits per heavy atom. The second-order valence-corrected chi connectivity index (χ2v) is 7.12. The highest BCUT2D eigenvalue weighted by Crippen LogP contribution is 2.32. The first-order chi connectivity index (χ1) is 13.5. The number of hydrogen-bond donors (Lipinski definition) is 0. The summed E-state index contributed by atoms with van der Waals surface area (Å²) in [5.41, 5.74) is 6.26. The number of benzene rings is 4. The minimum Gasteiger partial charge on any atom is -0.206 e. The monoisotopic (exact) mass is 370 g/mol. The van der Waals surface area contributed by atoms with Gasteiger partial charge in [-0.15, -0.1) is 0 Å². The lowest BCUT2D eigenvalue weighted by Crippen LogP contribution is -1.91. The Kier molecular flexibility index (Phi) is 4.79. The molecule has 0 fully saturated rings. The molecule has 0 saturated heterocycles. The predicted molar refractivity (Wildman–Crippen MR) is 112 cm³/mol. The highest BCUT2D eigenvalue weighted by molar-refractivity contribution is 5.74. The second-order valence-electron chi connectivity index (χ2n) is 7.12. The molecule has 138 valence electrons. The van der Waals surface area contributed by atoms with E-state index in [1.165, 1.54) is 12.1 Å². The molecule has 4 aromatic carbocycles. The molecular formula is C26H20F2. The van der Waals surface area contributed by atoms with Gasteiger partial charge < -0.3 is 0 Å². The fraction of sp³-hybridized carbons (Fsp3) is 0.0769. The molecule has 0 aromatic heterocycles. The molecule has 0 spiro atoms. The summed E-state index contributed by atoms with van der Waals surface area (Å²) in [6, 6.07) is 25.7. The van der Waals surface area contributed by atoms with Gasteiger partial charge in [-0.1, -0.05) is 83.9 Å².